The Bertz CT molecular complexity index is 878. The molecular weight excluding hydrogens is 376 g/mol. The third-order valence-electron chi connectivity index (χ3n) is 5.52. The zero-order valence-electron chi connectivity index (χ0n) is 15.6. The number of carbonyl (C=O) groups excluding carboxylic acids is 3. The van der Waals surface area contributed by atoms with Crippen LogP contribution in [0.25, 0.3) is 0 Å². The van der Waals surface area contributed by atoms with Gasteiger partial charge in [-0.3, -0.25) is 19.3 Å². The Morgan fingerprint density at radius 1 is 1.29 bits per heavy atom. The predicted octanol–water partition coefficient (Wildman–Crippen LogP) is 1.31. The Morgan fingerprint density at radius 2 is 2.04 bits per heavy atom. The van der Waals surface area contributed by atoms with Crippen molar-refractivity contribution in [1.82, 2.24) is 15.2 Å². The minimum Gasteiger partial charge on any atom is -0.359 e. The molecule has 2 fully saturated rings. The number of hydrogen-bond donors (Lipinski definition) is 1. The highest BCUT2D eigenvalue weighted by Crippen LogP contribution is 2.37. The molecule has 1 atom stereocenters. The van der Waals surface area contributed by atoms with E-state index in [-0.39, 0.29) is 30.1 Å². The van der Waals surface area contributed by atoms with Gasteiger partial charge in [-0.05, 0) is 12.0 Å². The molecule has 2 aliphatic rings. The van der Waals surface area contributed by atoms with Crippen LogP contribution in [0.3, 0.4) is 0 Å². The van der Waals surface area contributed by atoms with Crippen LogP contribution in [-0.2, 0) is 20.8 Å². The van der Waals surface area contributed by atoms with Gasteiger partial charge in [0.2, 0.25) is 17.7 Å². The number of rotatable bonds is 5. The summed E-state index contributed by atoms with van der Waals surface area (Å²) < 4.78 is 0. The highest BCUT2D eigenvalue weighted by Gasteiger charge is 2.52. The lowest BCUT2D eigenvalue weighted by Crippen LogP contribution is -2.66. The maximum absolute atomic E-state index is 12.9. The molecule has 7 nitrogen and oxygen atoms in total. The molecule has 0 saturated carbocycles. The molecule has 28 heavy (non-hydrogen) atoms. The van der Waals surface area contributed by atoms with Gasteiger partial charge in [-0.2, -0.15) is 0 Å². The summed E-state index contributed by atoms with van der Waals surface area (Å²) in [7, 11) is 1.63. The van der Waals surface area contributed by atoms with Crippen LogP contribution in [0.5, 0.6) is 0 Å². The molecule has 2 aliphatic heterocycles. The van der Waals surface area contributed by atoms with Crippen LogP contribution < -0.4 is 10.2 Å². The summed E-state index contributed by atoms with van der Waals surface area (Å²) in [5.74, 6) is -0.557. The number of carbonyl (C=O) groups is 3. The Hall–Kier alpha value is -2.74. The van der Waals surface area contributed by atoms with Crippen molar-refractivity contribution in [1.29, 1.82) is 0 Å². The van der Waals surface area contributed by atoms with Crippen molar-refractivity contribution in [3.8, 4) is 0 Å². The Balaban J connectivity index is 1.43. The largest absolute Gasteiger partial charge is 0.359 e. The highest BCUT2D eigenvalue weighted by atomic mass is 32.1. The first kappa shape index (κ1) is 18.6. The van der Waals surface area contributed by atoms with Gasteiger partial charge in [-0.15, -0.1) is 11.3 Å². The summed E-state index contributed by atoms with van der Waals surface area (Å²) in [6.07, 6.45) is 2.44. The van der Waals surface area contributed by atoms with Crippen LogP contribution in [0.2, 0.25) is 0 Å². The molecular formula is C20H22N4O3S. The second kappa shape index (κ2) is 7.35. The van der Waals surface area contributed by atoms with Crippen molar-refractivity contribution < 1.29 is 14.4 Å². The average Bonchev–Trinajstić information content (AvgIpc) is 3.33. The standard InChI is InChI=1S/C20H22N4O3S/c1-21-18(27)20(10-14-5-3-2-4-6-14)12-23(13-20)17(26)15-9-16(25)24(11-15)19-22-7-8-28-19/h2-8,15H,9-13H2,1H3,(H,21,27). The first-order valence-electron chi connectivity index (χ1n) is 9.27. The van der Waals surface area contributed by atoms with E-state index < -0.39 is 5.41 Å². The normalized spacial score (nSPS) is 20.8. The number of amides is 3. The molecule has 0 aliphatic carbocycles. The number of anilines is 1. The lowest BCUT2D eigenvalue weighted by molar-refractivity contribution is -0.156. The van der Waals surface area contributed by atoms with Gasteiger partial charge in [0.15, 0.2) is 5.13 Å². The maximum atomic E-state index is 12.9. The molecule has 2 saturated heterocycles. The van der Waals surface area contributed by atoms with Gasteiger partial charge in [0.1, 0.15) is 0 Å². The minimum atomic E-state index is -0.608. The Morgan fingerprint density at radius 3 is 2.68 bits per heavy atom. The molecule has 1 unspecified atom stereocenters. The number of thiazole rings is 1. The quantitative estimate of drug-likeness (QED) is 0.823. The third kappa shape index (κ3) is 3.28. The molecule has 4 rings (SSSR count). The monoisotopic (exact) mass is 398 g/mol. The van der Waals surface area contributed by atoms with E-state index in [0.29, 0.717) is 31.2 Å². The summed E-state index contributed by atoms with van der Waals surface area (Å²) in [6, 6.07) is 9.84. The Kier molecular flexibility index (Phi) is 4.89. The lowest BCUT2D eigenvalue weighted by atomic mass is 9.73. The summed E-state index contributed by atoms with van der Waals surface area (Å²) in [5.41, 5.74) is 0.466. The van der Waals surface area contributed by atoms with Crippen molar-refractivity contribution in [3.63, 3.8) is 0 Å². The third-order valence-corrected chi connectivity index (χ3v) is 6.31. The second-order valence-corrected chi connectivity index (χ2v) is 8.31. The molecule has 1 aromatic heterocycles. The van der Waals surface area contributed by atoms with Crippen molar-refractivity contribution in [2.45, 2.75) is 12.8 Å². The summed E-state index contributed by atoms with van der Waals surface area (Å²) in [6.45, 7) is 1.11. The fourth-order valence-corrected chi connectivity index (χ4v) is 4.76. The maximum Gasteiger partial charge on any atom is 0.229 e. The molecule has 0 bridgehead atoms. The highest BCUT2D eigenvalue weighted by molar-refractivity contribution is 7.13. The zero-order valence-corrected chi connectivity index (χ0v) is 16.4. The average molecular weight is 398 g/mol. The van der Waals surface area contributed by atoms with Crippen LogP contribution in [-0.4, -0.2) is 54.3 Å². The fourth-order valence-electron chi connectivity index (χ4n) is 4.09. The fraction of sp³-hybridized carbons (Fsp3) is 0.400. The van der Waals surface area contributed by atoms with Gasteiger partial charge in [0.05, 0.1) is 11.3 Å². The molecule has 1 aromatic carbocycles. The van der Waals surface area contributed by atoms with E-state index in [1.165, 1.54) is 11.3 Å². The van der Waals surface area contributed by atoms with Crippen LogP contribution in [0.1, 0.15) is 12.0 Å². The first-order valence-corrected chi connectivity index (χ1v) is 10.2. The van der Waals surface area contributed by atoms with E-state index >= 15 is 0 Å². The predicted molar refractivity (Wildman–Crippen MR) is 106 cm³/mol. The number of nitrogens with zero attached hydrogens (tertiary/aromatic N) is 3. The number of likely N-dealkylation sites (tertiary alicyclic amines) is 1. The summed E-state index contributed by atoms with van der Waals surface area (Å²) in [4.78, 5) is 45.3. The first-order chi connectivity index (χ1) is 13.5. The van der Waals surface area contributed by atoms with E-state index in [4.69, 9.17) is 0 Å². The van der Waals surface area contributed by atoms with Crippen LogP contribution in [0.4, 0.5) is 5.13 Å². The van der Waals surface area contributed by atoms with Crippen molar-refractivity contribution in [3.05, 3.63) is 47.5 Å². The van der Waals surface area contributed by atoms with Crippen LogP contribution >= 0.6 is 11.3 Å². The van der Waals surface area contributed by atoms with E-state index in [9.17, 15) is 14.4 Å². The van der Waals surface area contributed by atoms with Gasteiger partial charge in [-0.1, -0.05) is 30.3 Å². The van der Waals surface area contributed by atoms with Crippen molar-refractivity contribution in [2.24, 2.45) is 11.3 Å². The van der Waals surface area contributed by atoms with Gasteiger partial charge in [0.25, 0.3) is 0 Å². The molecule has 0 spiro atoms. The SMILES string of the molecule is CNC(=O)C1(Cc2ccccc2)CN(C(=O)C2CC(=O)N(c3nccs3)C2)C1. The lowest BCUT2D eigenvalue weighted by Gasteiger charge is -2.49. The van der Waals surface area contributed by atoms with Crippen molar-refractivity contribution >= 4 is 34.2 Å². The van der Waals surface area contributed by atoms with E-state index in [1.54, 1.807) is 23.0 Å². The molecule has 1 N–H and O–H groups in total. The van der Waals surface area contributed by atoms with Crippen LogP contribution in [0.15, 0.2) is 41.9 Å². The number of aromatic nitrogens is 1. The molecule has 8 heteroatoms. The van der Waals surface area contributed by atoms with Crippen LogP contribution in [0, 0.1) is 11.3 Å². The van der Waals surface area contributed by atoms with Gasteiger partial charge >= 0.3 is 0 Å². The number of hydrogen-bond acceptors (Lipinski definition) is 5. The molecule has 3 heterocycles. The molecule has 0 radical (unpaired) electrons. The van der Waals surface area contributed by atoms with E-state index in [1.807, 2.05) is 35.7 Å². The molecule has 3 amide bonds. The number of benzene rings is 1. The van der Waals surface area contributed by atoms with Crippen molar-refractivity contribution in [2.75, 3.05) is 31.6 Å². The number of nitrogens with one attached hydrogen (secondary N) is 1. The minimum absolute atomic E-state index is 0.0488. The topological polar surface area (TPSA) is 82.6 Å². The Labute approximate surface area is 167 Å². The van der Waals surface area contributed by atoms with Gasteiger partial charge in [-0.25, -0.2) is 4.98 Å². The zero-order chi connectivity index (χ0) is 19.7. The second-order valence-electron chi connectivity index (χ2n) is 7.44. The smallest absolute Gasteiger partial charge is 0.229 e. The molecule has 2 aromatic rings. The van der Waals surface area contributed by atoms with E-state index in [0.717, 1.165) is 5.56 Å². The van der Waals surface area contributed by atoms with Gasteiger partial charge < -0.3 is 10.2 Å². The summed E-state index contributed by atoms with van der Waals surface area (Å²) >= 11 is 1.39. The summed E-state index contributed by atoms with van der Waals surface area (Å²) in [5, 5.41) is 5.19. The molecule has 146 valence electrons. The van der Waals surface area contributed by atoms with Gasteiger partial charge in [0, 0.05) is 44.7 Å². The van der Waals surface area contributed by atoms with E-state index in [2.05, 4.69) is 10.3 Å².